The molecule has 1 N–H and O–H groups in total. The molecular weight excluding hydrogens is 295 g/mol. The van der Waals surface area contributed by atoms with Crippen molar-refractivity contribution in [1.82, 2.24) is 9.71 Å². The highest BCUT2D eigenvalue weighted by Crippen LogP contribution is 2.12. The number of hydrogen-bond donors (Lipinski definition) is 1. The lowest BCUT2D eigenvalue weighted by atomic mass is 10.3. The molecule has 0 aliphatic carbocycles. The molecule has 112 valence electrons. The Morgan fingerprint density at radius 2 is 2.00 bits per heavy atom. The maximum atomic E-state index is 13.0. The SMILES string of the molecule is CC(CNS(=O)(=O)c1cncc(F)c1)Oc1ccccc1. The molecular formula is C14H15FN2O3S. The first-order valence-corrected chi connectivity index (χ1v) is 7.77. The zero-order chi connectivity index (χ0) is 15.3. The van der Waals surface area contributed by atoms with E-state index in [9.17, 15) is 12.8 Å². The van der Waals surface area contributed by atoms with E-state index in [4.69, 9.17) is 4.74 Å². The zero-order valence-electron chi connectivity index (χ0n) is 11.4. The number of halogens is 1. The van der Waals surface area contributed by atoms with E-state index in [1.165, 1.54) is 0 Å². The van der Waals surface area contributed by atoms with Crippen LogP contribution in [0.2, 0.25) is 0 Å². The van der Waals surface area contributed by atoms with Crippen molar-refractivity contribution in [2.75, 3.05) is 6.54 Å². The van der Waals surface area contributed by atoms with Crippen molar-refractivity contribution >= 4 is 10.0 Å². The molecule has 5 nitrogen and oxygen atoms in total. The second-order valence-electron chi connectivity index (χ2n) is 4.43. The van der Waals surface area contributed by atoms with Crippen molar-refractivity contribution in [2.24, 2.45) is 0 Å². The molecule has 21 heavy (non-hydrogen) atoms. The number of benzene rings is 1. The molecule has 0 fully saturated rings. The van der Waals surface area contributed by atoms with Gasteiger partial charge >= 0.3 is 0 Å². The summed E-state index contributed by atoms with van der Waals surface area (Å²) in [5.74, 6) is -0.0527. The Kier molecular flexibility index (Phi) is 4.87. The molecule has 1 aromatic carbocycles. The first-order valence-electron chi connectivity index (χ1n) is 6.29. The second-order valence-corrected chi connectivity index (χ2v) is 6.20. The predicted molar refractivity (Wildman–Crippen MR) is 75.9 cm³/mol. The van der Waals surface area contributed by atoms with Gasteiger partial charge < -0.3 is 4.74 Å². The van der Waals surface area contributed by atoms with Crippen LogP contribution in [0.1, 0.15) is 6.92 Å². The Balaban J connectivity index is 1.95. The first-order chi connectivity index (χ1) is 9.97. The number of sulfonamides is 1. The van der Waals surface area contributed by atoms with Crippen LogP contribution >= 0.6 is 0 Å². The third-order valence-electron chi connectivity index (χ3n) is 2.63. The number of hydrogen-bond acceptors (Lipinski definition) is 4. The number of rotatable bonds is 6. The summed E-state index contributed by atoms with van der Waals surface area (Å²) >= 11 is 0. The monoisotopic (exact) mass is 310 g/mol. The third kappa shape index (κ3) is 4.51. The standard InChI is InChI=1S/C14H15FN2O3S/c1-11(20-13-5-3-2-4-6-13)8-17-21(18,19)14-7-12(15)9-16-10-14/h2-7,9-11,17H,8H2,1H3. The molecule has 0 aliphatic rings. The summed E-state index contributed by atoms with van der Waals surface area (Å²) in [5.41, 5.74) is 0. The lowest BCUT2D eigenvalue weighted by Gasteiger charge is -2.15. The van der Waals surface area contributed by atoms with E-state index in [1.54, 1.807) is 19.1 Å². The van der Waals surface area contributed by atoms with E-state index in [0.29, 0.717) is 5.75 Å². The minimum Gasteiger partial charge on any atom is -0.489 e. The molecule has 1 unspecified atom stereocenters. The highest BCUT2D eigenvalue weighted by atomic mass is 32.2. The molecule has 0 saturated carbocycles. The number of aromatic nitrogens is 1. The van der Waals surface area contributed by atoms with Gasteiger partial charge in [0, 0.05) is 12.7 Å². The van der Waals surface area contributed by atoms with Crippen molar-refractivity contribution < 1.29 is 17.5 Å². The molecule has 1 aromatic heterocycles. The van der Waals surface area contributed by atoms with Crippen LogP contribution in [0.5, 0.6) is 5.75 Å². The van der Waals surface area contributed by atoms with Crippen LogP contribution in [0.15, 0.2) is 53.7 Å². The van der Waals surface area contributed by atoms with Gasteiger partial charge in [-0.05, 0) is 25.1 Å². The van der Waals surface area contributed by atoms with Crippen LogP contribution in [0.25, 0.3) is 0 Å². The lowest BCUT2D eigenvalue weighted by Crippen LogP contribution is -2.33. The fraction of sp³-hybridized carbons (Fsp3) is 0.214. The highest BCUT2D eigenvalue weighted by Gasteiger charge is 2.16. The molecule has 7 heteroatoms. The van der Waals surface area contributed by atoms with Crippen LogP contribution in [0, 0.1) is 5.82 Å². The summed E-state index contributed by atoms with van der Waals surface area (Å²) in [7, 11) is -3.80. The molecule has 1 heterocycles. The minimum atomic E-state index is -3.80. The Morgan fingerprint density at radius 3 is 2.67 bits per heavy atom. The normalized spacial score (nSPS) is 12.9. The summed E-state index contributed by atoms with van der Waals surface area (Å²) in [6, 6.07) is 9.98. The molecule has 0 radical (unpaired) electrons. The summed E-state index contributed by atoms with van der Waals surface area (Å²) in [6.07, 6.45) is 1.66. The maximum Gasteiger partial charge on any atom is 0.242 e. The van der Waals surface area contributed by atoms with Gasteiger partial charge in [-0.25, -0.2) is 17.5 Å². The van der Waals surface area contributed by atoms with Crippen LogP contribution in [-0.2, 0) is 10.0 Å². The van der Waals surface area contributed by atoms with Crippen molar-refractivity contribution in [3.8, 4) is 5.75 Å². The lowest BCUT2D eigenvalue weighted by molar-refractivity contribution is 0.225. The van der Waals surface area contributed by atoms with Gasteiger partial charge in [-0.1, -0.05) is 18.2 Å². The van der Waals surface area contributed by atoms with Crippen molar-refractivity contribution in [3.05, 3.63) is 54.6 Å². The highest BCUT2D eigenvalue weighted by molar-refractivity contribution is 7.89. The largest absolute Gasteiger partial charge is 0.489 e. The number of nitrogens with zero attached hydrogens (tertiary/aromatic N) is 1. The quantitative estimate of drug-likeness (QED) is 0.885. The van der Waals surface area contributed by atoms with Crippen molar-refractivity contribution in [2.45, 2.75) is 17.9 Å². The van der Waals surface area contributed by atoms with Gasteiger partial charge in [0.25, 0.3) is 0 Å². The van der Waals surface area contributed by atoms with Gasteiger partial charge in [0.1, 0.15) is 22.6 Å². The molecule has 2 rings (SSSR count). The van der Waals surface area contributed by atoms with E-state index in [2.05, 4.69) is 9.71 Å². The molecule has 0 saturated heterocycles. The number of para-hydroxylation sites is 1. The van der Waals surface area contributed by atoms with Crippen LogP contribution < -0.4 is 9.46 Å². The van der Waals surface area contributed by atoms with Gasteiger partial charge in [0.15, 0.2) is 0 Å². The van der Waals surface area contributed by atoms with Crippen LogP contribution in [0.4, 0.5) is 4.39 Å². The Hall–Kier alpha value is -1.99. The van der Waals surface area contributed by atoms with E-state index >= 15 is 0 Å². The molecule has 0 amide bonds. The van der Waals surface area contributed by atoms with E-state index in [1.807, 2.05) is 18.2 Å². The van der Waals surface area contributed by atoms with Gasteiger partial charge in [-0.15, -0.1) is 0 Å². The molecule has 0 aliphatic heterocycles. The maximum absolute atomic E-state index is 13.0. The Bertz CT molecular complexity index is 692. The fourth-order valence-corrected chi connectivity index (χ4v) is 2.71. The molecule has 2 aromatic rings. The first kappa shape index (κ1) is 15.4. The number of nitrogens with one attached hydrogen (secondary N) is 1. The van der Waals surface area contributed by atoms with Crippen LogP contribution in [0.3, 0.4) is 0 Å². The molecule has 1 atom stereocenters. The number of ether oxygens (including phenoxy) is 1. The smallest absolute Gasteiger partial charge is 0.242 e. The average Bonchev–Trinajstić information content (AvgIpc) is 2.46. The van der Waals surface area contributed by atoms with E-state index in [0.717, 1.165) is 18.5 Å². The summed E-state index contributed by atoms with van der Waals surface area (Å²) in [4.78, 5) is 3.31. The van der Waals surface area contributed by atoms with Crippen molar-refractivity contribution in [3.63, 3.8) is 0 Å². The summed E-state index contributed by atoms with van der Waals surface area (Å²) in [5, 5.41) is 0. The van der Waals surface area contributed by atoms with E-state index in [-0.39, 0.29) is 17.5 Å². The fourth-order valence-electron chi connectivity index (χ4n) is 1.62. The second kappa shape index (κ2) is 6.64. The van der Waals surface area contributed by atoms with Gasteiger partial charge in [-0.3, -0.25) is 4.98 Å². The molecule has 0 bridgehead atoms. The summed E-state index contributed by atoms with van der Waals surface area (Å²) in [6.45, 7) is 1.80. The average molecular weight is 310 g/mol. The summed E-state index contributed by atoms with van der Waals surface area (Å²) < 4.78 is 44.9. The van der Waals surface area contributed by atoms with Crippen LogP contribution in [-0.4, -0.2) is 26.1 Å². The van der Waals surface area contributed by atoms with E-state index < -0.39 is 15.8 Å². The van der Waals surface area contributed by atoms with Gasteiger partial charge in [0.05, 0.1) is 6.20 Å². The van der Waals surface area contributed by atoms with Gasteiger partial charge in [-0.2, -0.15) is 0 Å². The zero-order valence-corrected chi connectivity index (χ0v) is 12.2. The third-order valence-corrected chi connectivity index (χ3v) is 4.02. The minimum absolute atomic E-state index is 0.0632. The van der Waals surface area contributed by atoms with Crippen molar-refractivity contribution in [1.29, 1.82) is 0 Å². The number of pyridine rings is 1. The van der Waals surface area contributed by atoms with Gasteiger partial charge in [0.2, 0.25) is 10.0 Å². The Morgan fingerprint density at radius 1 is 1.29 bits per heavy atom. The topological polar surface area (TPSA) is 68.3 Å². The Labute approximate surface area is 122 Å². The molecule has 0 spiro atoms. The predicted octanol–water partition coefficient (Wildman–Crippen LogP) is 1.97.